The Labute approximate surface area is 177 Å². The van der Waals surface area contributed by atoms with Crippen LogP contribution in [0.5, 0.6) is 0 Å². The lowest BCUT2D eigenvalue weighted by Crippen LogP contribution is -2.30. The van der Waals surface area contributed by atoms with E-state index in [0.717, 1.165) is 9.87 Å². The van der Waals surface area contributed by atoms with Gasteiger partial charge in [0.05, 0.1) is 4.90 Å². The van der Waals surface area contributed by atoms with Gasteiger partial charge in [0.1, 0.15) is 0 Å². The van der Waals surface area contributed by atoms with E-state index in [4.69, 9.17) is 0 Å². The van der Waals surface area contributed by atoms with Gasteiger partial charge in [0.2, 0.25) is 10.0 Å². The van der Waals surface area contributed by atoms with E-state index >= 15 is 0 Å². The summed E-state index contributed by atoms with van der Waals surface area (Å²) in [5.74, 6) is -0.0456. The van der Waals surface area contributed by atoms with Gasteiger partial charge in [0.25, 0.3) is 5.91 Å². The van der Waals surface area contributed by atoms with Crippen molar-refractivity contribution in [3.05, 3.63) is 59.7 Å². The summed E-state index contributed by atoms with van der Waals surface area (Å²) in [5.41, 5.74) is 1.90. The summed E-state index contributed by atoms with van der Waals surface area (Å²) in [6.45, 7) is 5.37. The monoisotopic (exact) mass is 432 g/mol. The molecule has 2 aromatic carbocycles. The van der Waals surface area contributed by atoms with E-state index in [1.54, 1.807) is 41.3 Å². The molecular formula is C21H28N4O4S. The van der Waals surface area contributed by atoms with Gasteiger partial charge in [0, 0.05) is 45.0 Å². The average molecular weight is 433 g/mol. The second-order valence-electron chi connectivity index (χ2n) is 6.79. The normalized spacial score (nSPS) is 11.2. The molecule has 0 spiro atoms. The fourth-order valence-corrected chi connectivity index (χ4v) is 3.64. The highest BCUT2D eigenvalue weighted by molar-refractivity contribution is 7.89. The Hall–Kier alpha value is -2.91. The maximum absolute atomic E-state index is 12.3. The summed E-state index contributed by atoms with van der Waals surface area (Å²) in [4.78, 5) is 26.4. The molecule has 9 heteroatoms. The van der Waals surface area contributed by atoms with Crippen molar-refractivity contribution in [1.29, 1.82) is 0 Å². The van der Waals surface area contributed by atoms with Gasteiger partial charge in [-0.3, -0.25) is 4.79 Å². The van der Waals surface area contributed by atoms with E-state index in [1.807, 2.05) is 13.8 Å². The predicted molar refractivity (Wildman–Crippen MR) is 117 cm³/mol. The smallest absolute Gasteiger partial charge is 0.319 e. The van der Waals surface area contributed by atoms with Gasteiger partial charge in [-0.15, -0.1) is 0 Å². The highest BCUT2D eigenvalue weighted by Gasteiger charge is 2.16. The fraction of sp³-hybridized carbons (Fsp3) is 0.333. The number of sulfonamides is 1. The number of nitrogens with one attached hydrogen (secondary N) is 2. The third kappa shape index (κ3) is 5.80. The standard InChI is InChI=1S/C21H28N4O4S/c1-5-25(6-2)20(26)17-9-11-18(12-10-17)23-21(27)22-15-16-7-13-19(14-8-16)30(28,29)24(3)4/h7-14H,5-6,15H2,1-4H3,(H2,22,23,27). The second-order valence-corrected chi connectivity index (χ2v) is 8.95. The minimum atomic E-state index is -3.48. The molecule has 2 aromatic rings. The molecule has 0 aliphatic carbocycles. The van der Waals surface area contributed by atoms with Crippen molar-refractivity contribution in [3.63, 3.8) is 0 Å². The highest BCUT2D eigenvalue weighted by atomic mass is 32.2. The number of carbonyl (C=O) groups excluding carboxylic acids is 2. The van der Waals surface area contributed by atoms with Gasteiger partial charge in [-0.1, -0.05) is 12.1 Å². The Morgan fingerprint density at radius 2 is 1.47 bits per heavy atom. The van der Waals surface area contributed by atoms with Crippen molar-refractivity contribution in [2.75, 3.05) is 32.5 Å². The molecule has 0 aromatic heterocycles. The van der Waals surface area contributed by atoms with Crippen LogP contribution in [-0.4, -0.2) is 56.7 Å². The van der Waals surface area contributed by atoms with Gasteiger partial charge in [-0.2, -0.15) is 0 Å². The molecule has 0 radical (unpaired) electrons. The van der Waals surface area contributed by atoms with E-state index in [2.05, 4.69) is 10.6 Å². The summed E-state index contributed by atoms with van der Waals surface area (Å²) < 4.78 is 25.3. The zero-order valence-corrected chi connectivity index (χ0v) is 18.5. The first-order valence-electron chi connectivity index (χ1n) is 9.64. The van der Waals surface area contributed by atoms with Crippen LogP contribution in [-0.2, 0) is 16.6 Å². The Bertz CT molecular complexity index is 967. The number of carbonyl (C=O) groups is 2. The van der Waals surface area contributed by atoms with Crippen molar-refractivity contribution < 1.29 is 18.0 Å². The van der Waals surface area contributed by atoms with Crippen LogP contribution in [0.4, 0.5) is 10.5 Å². The maximum Gasteiger partial charge on any atom is 0.319 e. The summed E-state index contributed by atoms with van der Waals surface area (Å²) in [6.07, 6.45) is 0. The first kappa shape index (κ1) is 23.4. The van der Waals surface area contributed by atoms with E-state index in [1.165, 1.54) is 26.2 Å². The maximum atomic E-state index is 12.3. The molecule has 0 heterocycles. The van der Waals surface area contributed by atoms with Crippen LogP contribution in [0.15, 0.2) is 53.4 Å². The molecule has 2 rings (SSSR count). The first-order valence-corrected chi connectivity index (χ1v) is 11.1. The minimum Gasteiger partial charge on any atom is -0.339 e. The number of benzene rings is 2. The third-order valence-electron chi connectivity index (χ3n) is 4.60. The predicted octanol–water partition coefficient (Wildman–Crippen LogP) is 2.74. The highest BCUT2D eigenvalue weighted by Crippen LogP contribution is 2.14. The van der Waals surface area contributed by atoms with Crippen LogP contribution in [0, 0.1) is 0 Å². The number of hydrogen-bond acceptors (Lipinski definition) is 4. The van der Waals surface area contributed by atoms with Gasteiger partial charge >= 0.3 is 6.03 Å². The number of anilines is 1. The molecule has 0 saturated heterocycles. The van der Waals surface area contributed by atoms with E-state index < -0.39 is 16.1 Å². The van der Waals surface area contributed by atoms with Crippen molar-refractivity contribution in [2.24, 2.45) is 0 Å². The number of urea groups is 1. The van der Waals surface area contributed by atoms with Crippen molar-refractivity contribution >= 4 is 27.6 Å². The fourth-order valence-electron chi connectivity index (χ4n) is 2.74. The summed E-state index contributed by atoms with van der Waals surface area (Å²) >= 11 is 0. The Kier molecular flexibility index (Phi) is 7.96. The second kappa shape index (κ2) is 10.2. The first-order chi connectivity index (χ1) is 14.2. The zero-order chi connectivity index (χ0) is 22.3. The molecule has 2 N–H and O–H groups in total. The van der Waals surface area contributed by atoms with Gasteiger partial charge in [0.15, 0.2) is 0 Å². The van der Waals surface area contributed by atoms with Crippen LogP contribution in [0.1, 0.15) is 29.8 Å². The molecule has 162 valence electrons. The number of rotatable bonds is 8. The van der Waals surface area contributed by atoms with E-state index in [-0.39, 0.29) is 17.3 Å². The van der Waals surface area contributed by atoms with E-state index in [9.17, 15) is 18.0 Å². The number of hydrogen-bond donors (Lipinski definition) is 2. The lowest BCUT2D eigenvalue weighted by Gasteiger charge is -2.18. The molecule has 0 bridgehead atoms. The largest absolute Gasteiger partial charge is 0.339 e. The van der Waals surface area contributed by atoms with Crippen LogP contribution < -0.4 is 10.6 Å². The summed E-state index contributed by atoms with van der Waals surface area (Å²) in [7, 11) is -0.531. The third-order valence-corrected chi connectivity index (χ3v) is 6.42. The Morgan fingerprint density at radius 3 is 1.97 bits per heavy atom. The molecular weight excluding hydrogens is 404 g/mol. The Morgan fingerprint density at radius 1 is 0.900 bits per heavy atom. The molecule has 0 fully saturated rings. The lowest BCUT2D eigenvalue weighted by molar-refractivity contribution is 0.0773. The lowest BCUT2D eigenvalue weighted by atomic mass is 10.2. The molecule has 3 amide bonds. The SMILES string of the molecule is CCN(CC)C(=O)c1ccc(NC(=O)NCc2ccc(S(=O)(=O)N(C)C)cc2)cc1. The molecule has 0 aliphatic heterocycles. The van der Waals surface area contributed by atoms with Gasteiger partial charge in [-0.25, -0.2) is 17.5 Å². The molecule has 30 heavy (non-hydrogen) atoms. The Balaban J connectivity index is 1.91. The number of nitrogens with zero attached hydrogens (tertiary/aromatic N) is 2. The molecule has 8 nitrogen and oxygen atoms in total. The molecule has 0 atom stereocenters. The zero-order valence-electron chi connectivity index (χ0n) is 17.7. The van der Waals surface area contributed by atoms with Crippen molar-refractivity contribution in [2.45, 2.75) is 25.3 Å². The molecule has 0 unspecified atom stereocenters. The quantitative estimate of drug-likeness (QED) is 0.670. The van der Waals surface area contributed by atoms with Gasteiger partial charge in [-0.05, 0) is 55.8 Å². The molecule has 0 saturated carbocycles. The summed E-state index contributed by atoms with van der Waals surface area (Å²) in [6, 6.07) is 12.7. The minimum absolute atomic E-state index is 0.0456. The molecule has 0 aliphatic rings. The van der Waals surface area contributed by atoms with Crippen molar-refractivity contribution in [1.82, 2.24) is 14.5 Å². The van der Waals surface area contributed by atoms with E-state index in [0.29, 0.717) is 24.3 Å². The number of amides is 3. The van der Waals surface area contributed by atoms with Crippen LogP contribution in [0.25, 0.3) is 0 Å². The van der Waals surface area contributed by atoms with Crippen LogP contribution in [0.2, 0.25) is 0 Å². The van der Waals surface area contributed by atoms with Crippen LogP contribution in [0.3, 0.4) is 0 Å². The van der Waals surface area contributed by atoms with Crippen molar-refractivity contribution in [3.8, 4) is 0 Å². The average Bonchev–Trinajstić information content (AvgIpc) is 2.73. The van der Waals surface area contributed by atoms with Gasteiger partial charge < -0.3 is 15.5 Å². The summed E-state index contributed by atoms with van der Waals surface area (Å²) in [5, 5.41) is 5.43. The van der Waals surface area contributed by atoms with Crippen LogP contribution >= 0.6 is 0 Å². The topological polar surface area (TPSA) is 98.8 Å².